The van der Waals surface area contributed by atoms with E-state index < -0.39 is 0 Å². The van der Waals surface area contributed by atoms with Crippen LogP contribution in [-0.4, -0.2) is 6.61 Å². The van der Waals surface area contributed by atoms with Crippen molar-refractivity contribution < 1.29 is 9.13 Å². The van der Waals surface area contributed by atoms with Crippen LogP contribution in [0.15, 0.2) is 18.2 Å². The minimum atomic E-state index is -0.0504. The molecule has 4 atom stereocenters. The molecule has 1 aromatic rings. The van der Waals surface area contributed by atoms with Gasteiger partial charge in [0.2, 0.25) is 0 Å². The molecule has 0 bridgehead atoms. The Hall–Kier alpha value is -1.05. The zero-order valence-electron chi connectivity index (χ0n) is 20.1. The SMILES string of the molecule is CCCCC1CCC(C2CCC3CC(c4ccc(OCCC)cc4F)CCC3C2)CC1. The van der Waals surface area contributed by atoms with E-state index in [0.29, 0.717) is 18.3 Å². The summed E-state index contributed by atoms with van der Waals surface area (Å²) >= 11 is 0. The van der Waals surface area contributed by atoms with Crippen LogP contribution in [0.1, 0.15) is 115 Å². The lowest BCUT2D eigenvalue weighted by Crippen LogP contribution is -2.34. The third-order valence-corrected chi connectivity index (χ3v) is 9.06. The molecular formula is C29H45FO. The molecule has 1 nitrogen and oxygen atoms in total. The lowest BCUT2D eigenvalue weighted by Gasteiger charge is -2.45. The van der Waals surface area contributed by atoms with Gasteiger partial charge in [-0.2, -0.15) is 0 Å². The average molecular weight is 429 g/mol. The molecule has 0 radical (unpaired) electrons. The quantitative estimate of drug-likeness (QED) is 0.401. The Kier molecular flexibility index (Phi) is 8.35. The first-order chi connectivity index (χ1) is 15.2. The molecule has 3 aliphatic rings. The molecule has 3 fully saturated rings. The van der Waals surface area contributed by atoms with E-state index in [4.69, 9.17) is 4.74 Å². The summed E-state index contributed by atoms with van der Waals surface area (Å²) in [6.45, 7) is 5.06. The Morgan fingerprint density at radius 1 is 0.806 bits per heavy atom. The van der Waals surface area contributed by atoms with Gasteiger partial charge < -0.3 is 4.74 Å². The molecule has 31 heavy (non-hydrogen) atoms. The summed E-state index contributed by atoms with van der Waals surface area (Å²) in [7, 11) is 0. The van der Waals surface area contributed by atoms with Crippen molar-refractivity contribution >= 4 is 0 Å². The summed E-state index contributed by atoms with van der Waals surface area (Å²) in [5.41, 5.74) is 0.940. The summed E-state index contributed by atoms with van der Waals surface area (Å²) in [5.74, 6) is 5.78. The van der Waals surface area contributed by atoms with Crippen LogP contribution >= 0.6 is 0 Å². The van der Waals surface area contributed by atoms with Gasteiger partial charge >= 0.3 is 0 Å². The summed E-state index contributed by atoms with van der Waals surface area (Å²) in [5, 5.41) is 0. The van der Waals surface area contributed by atoms with Gasteiger partial charge in [0.1, 0.15) is 11.6 Å². The highest BCUT2D eigenvalue weighted by atomic mass is 19.1. The highest BCUT2D eigenvalue weighted by Gasteiger charge is 2.39. The molecule has 0 aromatic heterocycles. The summed E-state index contributed by atoms with van der Waals surface area (Å²) in [4.78, 5) is 0. The van der Waals surface area contributed by atoms with Crippen molar-refractivity contribution in [2.75, 3.05) is 6.61 Å². The van der Waals surface area contributed by atoms with E-state index in [1.807, 2.05) is 12.1 Å². The molecule has 0 spiro atoms. The number of halogens is 1. The largest absolute Gasteiger partial charge is 0.494 e. The number of ether oxygens (including phenoxy) is 1. The lowest BCUT2D eigenvalue weighted by atomic mass is 9.60. The standard InChI is InChI=1S/C29H45FO/c1-3-5-6-21-7-9-22(10-8-21)23-11-12-25-19-26(14-13-24(25)18-23)28-16-15-27(20-29(28)30)31-17-4-2/h15-16,20-26H,3-14,17-19H2,1-2H3. The van der Waals surface area contributed by atoms with E-state index in [1.165, 1.54) is 83.5 Å². The predicted molar refractivity (Wildman–Crippen MR) is 128 cm³/mol. The van der Waals surface area contributed by atoms with Crippen LogP contribution in [0, 0.1) is 35.4 Å². The van der Waals surface area contributed by atoms with Gasteiger partial charge in [0.25, 0.3) is 0 Å². The number of fused-ring (bicyclic) bond motifs is 1. The average Bonchev–Trinajstić information content (AvgIpc) is 2.81. The molecule has 174 valence electrons. The Morgan fingerprint density at radius 2 is 1.48 bits per heavy atom. The van der Waals surface area contributed by atoms with E-state index in [1.54, 1.807) is 6.07 Å². The maximum absolute atomic E-state index is 14.8. The fourth-order valence-electron chi connectivity index (χ4n) is 7.23. The normalized spacial score (nSPS) is 33.6. The fourth-order valence-corrected chi connectivity index (χ4v) is 7.23. The molecular weight excluding hydrogens is 383 g/mol. The smallest absolute Gasteiger partial charge is 0.130 e. The van der Waals surface area contributed by atoms with Gasteiger partial charge in [-0.1, -0.05) is 52.0 Å². The Balaban J connectivity index is 1.27. The summed E-state index contributed by atoms with van der Waals surface area (Å²) < 4.78 is 20.4. The van der Waals surface area contributed by atoms with Gasteiger partial charge in [0.05, 0.1) is 6.61 Å². The van der Waals surface area contributed by atoms with Crippen molar-refractivity contribution in [2.45, 2.75) is 110 Å². The Labute approximate surface area is 190 Å². The third-order valence-electron chi connectivity index (χ3n) is 9.06. The number of hydrogen-bond donors (Lipinski definition) is 0. The van der Waals surface area contributed by atoms with E-state index in [-0.39, 0.29) is 5.82 Å². The molecule has 2 heteroatoms. The first kappa shape index (κ1) is 23.1. The van der Waals surface area contributed by atoms with E-state index in [2.05, 4.69) is 13.8 Å². The van der Waals surface area contributed by atoms with E-state index >= 15 is 0 Å². The zero-order valence-corrected chi connectivity index (χ0v) is 20.1. The van der Waals surface area contributed by atoms with Gasteiger partial charge in [-0.25, -0.2) is 4.39 Å². The first-order valence-electron chi connectivity index (χ1n) is 13.6. The summed E-state index contributed by atoms with van der Waals surface area (Å²) in [6, 6.07) is 5.60. The van der Waals surface area contributed by atoms with Gasteiger partial charge in [-0.3, -0.25) is 0 Å². The van der Waals surface area contributed by atoms with Crippen LogP contribution in [0.5, 0.6) is 5.75 Å². The van der Waals surface area contributed by atoms with Crippen LogP contribution in [-0.2, 0) is 0 Å². The summed E-state index contributed by atoms with van der Waals surface area (Å²) in [6.07, 6.45) is 19.2. The molecule has 3 saturated carbocycles. The Morgan fingerprint density at radius 3 is 2.19 bits per heavy atom. The minimum absolute atomic E-state index is 0.0504. The van der Waals surface area contributed by atoms with Crippen LogP contribution in [0.25, 0.3) is 0 Å². The van der Waals surface area contributed by atoms with Crippen molar-refractivity contribution in [2.24, 2.45) is 29.6 Å². The number of hydrogen-bond acceptors (Lipinski definition) is 1. The van der Waals surface area contributed by atoms with Gasteiger partial charge in [-0.15, -0.1) is 0 Å². The minimum Gasteiger partial charge on any atom is -0.494 e. The predicted octanol–water partition coefficient (Wildman–Crippen LogP) is 8.91. The van der Waals surface area contributed by atoms with Crippen molar-refractivity contribution in [1.82, 2.24) is 0 Å². The molecule has 0 heterocycles. The van der Waals surface area contributed by atoms with Crippen LogP contribution in [0.4, 0.5) is 4.39 Å². The molecule has 4 unspecified atom stereocenters. The molecule has 1 aromatic carbocycles. The molecule has 0 saturated heterocycles. The Bertz CT molecular complexity index is 677. The second kappa shape index (κ2) is 11.2. The lowest BCUT2D eigenvalue weighted by molar-refractivity contribution is 0.0706. The van der Waals surface area contributed by atoms with Crippen molar-refractivity contribution in [1.29, 1.82) is 0 Å². The maximum Gasteiger partial charge on any atom is 0.130 e. The van der Waals surface area contributed by atoms with Crippen LogP contribution < -0.4 is 4.74 Å². The second-order valence-electron chi connectivity index (χ2n) is 11.1. The fraction of sp³-hybridized carbons (Fsp3) is 0.793. The monoisotopic (exact) mass is 428 g/mol. The highest BCUT2D eigenvalue weighted by Crippen LogP contribution is 2.51. The van der Waals surface area contributed by atoms with Crippen molar-refractivity contribution in [3.05, 3.63) is 29.6 Å². The number of rotatable bonds is 8. The molecule has 3 aliphatic carbocycles. The highest BCUT2D eigenvalue weighted by molar-refractivity contribution is 5.31. The molecule has 0 aliphatic heterocycles. The number of benzene rings is 1. The second-order valence-corrected chi connectivity index (χ2v) is 11.1. The molecule has 0 N–H and O–H groups in total. The van der Waals surface area contributed by atoms with Crippen LogP contribution in [0.3, 0.4) is 0 Å². The number of unbranched alkanes of at least 4 members (excludes halogenated alkanes) is 1. The molecule has 4 rings (SSSR count). The van der Waals surface area contributed by atoms with Crippen molar-refractivity contribution in [3.8, 4) is 5.75 Å². The van der Waals surface area contributed by atoms with E-state index in [9.17, 15) is 4.39 Å². The molecule has 0 amide bonds. The third kappa shape index (κ3) is 5.85. The topological polar surface area (TPSA) is 9.23 Å². The maximum atomic E-state index is 14.8. The zero-order chi connectivity index (χ0) is 21.6. The van der Waals surface area contributed by atoms with Crippen molar-refractivity contribution in [3.63, 3.8) is 0 Å². The first-order valence-corrected chi connectivity index (χ1v) is 13.6. The van der Waals surface area contributed by atoms with Gasteiger partial charge in [0, 0.05) is 6.07 Å². The van der Waals surface area contributed by atoms with Crippen LogP contribution in [0.2, 0.25) is 0 Å². The van der Waals surface area contributed by atoms with E-state index in [0.717, 1.165) is 41.6 Å². The van der Waals surface area contributed by atoms with Gasteiger partial charge in [-0.05, 0) is 105 Å². The van der Waals surface area contributed by atoms with Gasteiger partial charge in [0.15, 0.2) is 0 Å².